The van der Waals surface area contributed by atoms with Crippen molar-refractivity contribution >= 4 is 23.4 Å². The number of carbonyl (C=O) groups is 2. The Bertz CT molecular complexity index is 1540. The van der Waals surface area contributed by atoms with Crippen LogP contribution in [0.1, 0.15) is 36.7 Å². The fourth-order valence-corrected chi connectivity index (χ4v) is 4.02. The molecular formula is C31H27F3N2O5. The second kappa shape index (κ2) is 11.6. The topological polar surface area (TPSA) is 96.9 Å². The van der Waals surface area contributed by atoms with Gasteiger partial charge in [0.2, 0.25) is 0 Å². The van der Waals surface area contributed by atoms with Crippen LogP contribution >= 0.6 is 0 Å². The van der Waals surface area contributed by atoms with Crippen molar-refractivity contribution < 1.29 is 37.3 Å². The summed E-state index contributed by atoms with van der Waals surface area (Å²) in [5, 5.41) is 14.5. The number of carboxylic acids is 1. The number of carboxylic acid groups (broad SMARTS) is 1. The van der Waals surface area contributed by atoms with Gasteiger partial charge in [-0.3, -0.25) is 0 Å². The Hall–Kier alpha value is -4.99. The van der Waals surface area contributed by atoms with Gasteiger partial charge in [0.05, 0.1) is 11.3 Å². The zero-order valence-corrected chi connectivity index (χ0v) is 22.4. The van der Waals surface area contributed by atoms with Crippen LogP contribution in [0.5, 0.6) is 17.2 Å². The number of benzene rings is 4. The number of carbonyl (C=O) groups excluding carboxylic acids is 1. The van der Waals surface area contributed by atoms with E-state index < -0.39 is 24.1 Å². The highest BCUT2D eigenvalue weighted by Crippen LogP contribution is 2.38. The number of urea groups is 1. The number of aromatic carboxylic acids is 1. The van der Waals surface area contributed by atoms with Gasteiger partial charge in [0, 0.05) is 11.3 Å². The van der Waals surface area contributed by atoms with Crippen molar-refractivity contribution in [3.05, 3.63) is 102 Å². The maximum atomic E-state index is 12.9. The van der Waals surface area contributed by atoms with Crippen molar-refractivity contribution in [1.82, 2.24) is 0 Å². The molecule has 2 amide bonds. The third-order valence-corrected chi connectivity index (χ3v) is 5.95. The summed E-state index contributed by atoms with van der Waals surface area (Å²) in [6.45, 7) is 6.16. The van der Waals surface area contributed by atoms with Crippen LogP contribution in [0.25, 0.3) is 11.1 Å². The van der Waals surface area contributed by atoms with Crippen LogP contribution in [0.4, 0.5) is 29.3 Å². The van der Waals surface area contributed by atoms with E-state index in [4.69, 9.17) is 4.74 Å². The predicted octanol–water partition coefficient (Wildman–Crippen LogP) is 8.68. The number of nitrogens with one attached hydrogen (secondary N) is 2. The lowest BCUT2D eigenvalue weighted by Gasteiger charge is -2.23. The van der Waals surface area contributed by atoms with Crippen LogP contribution in [-0.4, -0.2) is 23.5 Å². The molecule has 0 heterocycles. The summed E-state index contributed by atoms with van der Waals surface area (Å²) in [4.78, 5) is 24.2. The van der Waals surface area contributed by atoms with Crippen LogP contribution in [0.3, 0.4) is 0 Å². The van der Waals surface area contributed by atoms with Gasteiger partial charge in [0.25, 0.3) is 0 Å². The molecule has 0 saturated heterocycles. The molecule has 4 aromatic carbocycles. The normalized spacial score (nSPS) is 11.5. The average Bonchev–Trinajstić information content (AvgIpc) is 2.90. The molecule has 0 saturated carbocycles. The molecule has 0 fully saturated rings. The first-order valence-electron chi connectivity index (χ1n) is 12.5. The Kier molecular flexibility index (Phi) is 8.23. The van der Waals surface area contributed by atoms with Crippen LogP contribution in [-0.2, 0) is 5.41 Å². The molecular weight excluding hydrogens is 537 g/mol. The van der Waals surface area contributed by atoms with Crippen molar-refractivity contribution in [3.63, 3.8) is 0 Å². The second-order valence-corrected chi connectivity index (χ2v) is 10.1. The number of anilines is 2. The molecule has 7 nitrogen and oxygen atoms in total. The van der Waals surface area contributed by atoms with E-state index in [2.05, 4.69) is 36.1 Å². The molecule has 0 aliphatic carbocycles. The molecule has 0 radical (unpaired) electrons. The molecule has 3 N–H and O–H groups in total. The summed E-state index contributed by atoms with van der Waals surface area (Å²) in [6.07, 6.45) is -4.83. The summed E-state index contributed by atoms with van der Waals surface area (Å²) in [5.41, 5.74) is 2.79. The highest BCUT2D eigenvalue weighted by Gasteiger charge is 2.31. The van der Waals surface area contributed by atoms with Crippen LogP contribution < -0.4 is 20.1 Å². The maximum Gasteiger partial charge on any atom is 0.573 e. The van der Waals surface area contributed by atoms with Gasteiger partial charge in [-0.05, 0) is 71.1 Å². The van der Waals surface area contributed by atoms with Gasteiger partial charge >= 0.3 is 18.4 Å². The summed E-state index contributed by atoms with van der Waals surface area (Å²) >= 11 is 0. The molecule has 212 valence electrons. The number of halogens is 3. The number of hydrogen-bond donors (Lipinski definition) is 3. The third kappa shape index (κ3) is 7.78. The van der Waals surface area contributed by atoms with Crippen LogP contribution in [0.15, 0.2) is 91.0 Å². The molecule has 41 heavy (non-hydrogen) atoms. The SMILES string of the molecule is CC(C)(C)c1ccccc1Oc1ccc(-c2ccc(C(=O)O)cc2)cc1NC(=O)Nc1ccc(OC(F)(F)F)cc1. The van der Waals surface area contributed by atoms with Gasteiger partial charge in [-0.15, -0.1) is 13.2 Å². The minimum absolute atomic E-state index is 0.136. The smallest absolute Gasteiger partial charge is 0.478 e. The Morgan fingerprint density at radius 1 is 0.756 bits per heavy atom. The highest BCUT2D eigenvalue weighted by atomic mass is 19.4. The lowest BCUT2D eigenvalue weighted by molar-refractivity contribution is -0.274. The highest BCUT2D eigenvalue weighted by molar-refractivity contribution is 6.01. The molecule has 0 unspecified atom stereocenters. The third-order valence-electron chi connectivity index (χ3n) is 5.95. The maximum absolute atomic E-state index is 12.9. The van der Waals surface area contributed by atoms with Crippen LogP contribution in [0, 0.1) is 0 Å². The largest absolute Gasteiger partial charge is 0.573 e. The fourth-order valence-electron chi connectivity index (χ4n) is 4.02. The Balaban J connectivity index is 1.63. The van der Waals surface area contributed by atoms with Crippen molar-refractivity contribution in [1.29, 1.82) is 0 Å². The molecule has 10 heteroatoms. The number of ether oxygens (including phenoxy) is 2. The first-order chi connectivity index (χ1) is 19.3. The van der Waals surface area contributed by atoms with Gasteiger partial charge in [-0.25, -0.2) is 9.59 Å². The van der Waals surface area contributed by atoms with Crippen molar-refractivity contribution in [2.45, 2.75) is 32.5 Å². The predicted molar refractivity (Wildman–Crippen MR) is 150 cm³/mol. The van der Waals surface area contributed by atoms with E-state index in [9.17, 15) is 27.9 Å². The molecule has 0 bridgehead atoms. The van der Waals surface area contributed by atoms with E-state index in [-0.39, 0.29) is 16.7 Å². The molecule has 0 spiro atoms. The molecule has 0 aliphatic heterocycles. The summed E-state index contributed by atoms with van der Waals surface area (Å²) in [6, 6.07) is 23.0. The monoisotopic (exact) mass is 564 g/mol. The minimum Gasteiger partial charge on any atom is -0.478 e. The molecule has 0 atom stereocenters. The molecule has 4 rings (SSSR count). The number of rotatable bonds is 7. The van der Waals surface area contributed by atoms with Gasteiger partial charge < -0.3 is 25.2 Å². The van der Waals surface area contributed by atoms with Gasteiger partial charge in [-0.2, -0.15) is 0 Å². The summed E-state index contributed by atoms with van der Waals surface area (Å²) in [7, 11) is 0. The Morgan fingerprint density at radius 3 is 2.00 bits per heavy atom. The zero-order chi connectivity index (χ0) is 29.8. The van der Waals surface area contributed by atoms with Gasteiger partial charge in [-0.1, -0.05) is 57.2 Å². The Morgan fingerprint density at radius 2 is 1.39 bits per heavy atom. The quantitative estimate of drug-likeness (QED) is 0.209. The summed E-state index contributed by atoms with van der Waals surface area (Å²) < 4.78 is 47.5. The van der Waals surface area contributed by atoms with E-state index in [1.807, 2.05) is 24.3 Å². The number of hydrogen-bond acceptors (Lipinski definition) is 4. The van der Waals surface area contributed by atoms with E-state index in [1.165, 1.54) is 24.3 Å². The fraction of sp³-hybridized carbons (Fsp3) is 0.161. The average molecular weight is 565 g/mol. The minimum atomic E-state index is -4.83. The Labute approximate surface area is 234 Å². The second-order valence-electron chi connectivity index (χ2n) is 10.1. The van der Waals surface area contributed by atoms with E-state index >= 15 is 0 Å². The molecule has 4 aromatic rings. The number of alkyl halides is 3. The van der Waals surface area contributed by atoms with Gasteiger partial charge in [0.15, 0.2) is 5.75 Å². The number of para-hydroxylation sites is 1. The zero-order valence-electron chi connectivity index (χ0n) is 22.4. The standard InChI is InChI=1S/C31H27F3N2O5/c1-30(2,3)24-6-4-5-7-26(24)40-27-17-12-21(19-8-10-20(11-9-19)28(37)38)18-25(27)36-29(39)35-22-13-15-23(16-14-22)41-31(32,33)34/h4-18H,1-3H3,(H,37,38)(H2,35,36,39). The van der Waals surface area contributed by atoms with E-state index in [0.717, 1.165) is 17.7 Å². The summed E-state index contributed by atoms with van der Waals surface area (Å²) in [5.74, 6) is -0.521. The lowest BCUT2D eigenvalue weighted by Crippen LogP contribution is -2.20. The lowest BCUT2D eigenvalue weighted by atomic mass is 9.86. The van der Waals surface area contributed by atoms with E-state index in [1.54, 1.807) is 30.3 Å². The van der Waals surface area contributed by atoms with Crippen LogP contribution in [0.2, 0.25) is 0 Å². The van der Waals surface area contributed by atoms with Gasteiger partial charge in [0.1, 0.15) is 11.5 Å². The number of amides is 2. The first kappa shape index (κ1) is 29.0. The molecule has 0 aromatic heterocycles. The van der Waals surface area contributed by atoms with E-state index in [0.29, 0.717) is 28.3 Å². The molecule has 0 aliphatic rings. The van der Waals surface area contributed by atoms with Crippen molar-refractivity contribution in [2.75, 3.05) is 10.6 Å². The first-order valence-corrected chi connectivity index (χ1v) is 12.5. The van der Waals surface area contributed by atoms with Crippen molar-refractivity contribution in [3.8, 4) is 28.4 Å². The van der Waals surface area contributed by atoms with Crippen molar-refractivity contribution in [2.24, 2.45) is 0 Å².